The van der Waals surface area contributed by atoms with Crippen LogP contribution >= 0.6 is 22.9 Å². The first-order valence-corrected chi connectivity index (χ1v) is 11.1. The summed E-state index contributed by atoms with van der Waals surface area (Å²) in [6, 6.07) is 16.4. The molecule has 7 nitrogen and oxygen atoms in total. The van der Waals surface area contributed by atoms with Crippen molar-refractivity contribution in [2.75, 3.05) is 16.8 Å². The second-order valence-corrected chi connectivity index (χ2v) is 8.59. The lowest BCUT2D eigenvalue weighted by Gasteiger charge is -2.16. The molecule has 2 aromatic carbocycles. The van der Waals surface area contributed by atoms with Gasteiger partial charge in [-0.25, -0.2) is 0 Å². The van der Waals surface area contributed by atoms with Gasteiger partial charge in [-0.05, 0) is 42.8 Å². The Morgan fingerprint density at radius 3 is 2.68 bits per heavy atom. The number of ether oxygens (including phenoxy) is 1. The molecule has 31 heavy (non-hydrogen) atoms. The number of carbonyl (C=O) groups excluding carboxylic acids is 2. The Labute approximate surface area is 189 Å². The summed E-state index contributed by atoms with van der Waals surface area (Å²) in [6.07, 6.45) is 0.225. The van der Waals surface area contributed by atoms with E-state index in [9.17, 15) is 9.59 Å². The molecule has 1 aromatic heterocycles. The molecule has 0 spiro atoms. The molecule has 0 aliphatic carbocycles. The second kappa shape index (κ2) is 9.45. The van der Waals surface area contributed by atoms with Crippen LogP contribution in [0.4, 0.5) is 10.8 Å². The number of carbonyl (C=O) groups is 2. The number of aromatic nitrogens is 2. The quantitative estimate of drug-likeness (QED) is 0.565. The Kier molecular flexibility index (Phi) is 6.48. The normalized spacial score (nSPS) is 16.9. The number of anilines is 2. The lowest BCUT2D eigenvalue weighted by molar-refractivity contribution is -0.122. The van der Waals surface area contributed by atoms with E-state index in [-0.39, 0.29) is 17.7 Å². The SMILES string of the molecule is CCC(Oc1ccccc1)C(=O)Nc1nnc(C2CC(=O)N(c3ccc(Cl)cc3)C2)s1. The molecule has 0 bridgehead atoms. The molecule has 1 saturated heterocycles. The van der Waals surface area contributed by atoms with Crippen LogP contribution in [0.15, 0.2) is 54.6 Å². The van der Waals surface area contributed by atoms with Crippen LogP contribution in [0, 0.1) is 0 Å². The third kappa shape index (κ3) is 5.03. The molecule has 0 saturated carbocycles. The molecule has 160 valence electrons. The van der Waals surface area contributed by atoms with Gasteiger partial charge in [-0.3, -0.25) is 14.9 Å². The maximum atomic E-state index is 12.6. The summed E-state index contributed by atoms with van der Waals surface area (Å²) in [7, 11) is 0. The number of nitrogens with one attached hydrogen (secondary N) is 1. The highest BCUT2D eigenvalue weighted by Crippen LogP contribution is 2.34. The number of rotatable bonds is 7. The van der Waals surface area contributed by atoms with Gasteiger partial charge < -0.3 is 9.64 Å². The highest BCUT2D eigenvalue weighted by atomic mass is 35.5. The topological polar surface area (TPSA) is 84.4 Å². The van der Waals surface area contributed by atoms with E-state index in [1.54, 1.807) is 17.0 Å². The Morgan fingerprint density at radius 2 is 1.97 bits per heavy atom. The first-order valence-electron chi connectivity index (χ1n) is 9.95. The van der Waals surface area contributed by atoms with Crippen LogP contribution in [-0.2, 0) is 9.59 Å². The van der Waals surface area contributed by atoms with Crippen molar-refractivity contribution in [3.63, 3.8) is 0 Å². The summed E-state index contributed by atoms with van der Waals surface area (Å²) in [4.78, 5) is 26.8. The van der Waals surface area contributed by atoms with Gasteiger partial charge in [0.1, 0.15) is 10.8 Å². The van der Waals surface area contributed by atoms with E-state index in [1.807, 2.05) is 49.4 Å². The van der Waals surface area contributed by atoms with Crippen molar-refractivity contribution in [2.45, 2.75) is 31.8 Å². The number of halogens is 1. The molecule has 3 aromatic rings. The van der Waals surface area contributed by atoms with Crippen molar-refractivity contribution in [3.8, 4) is 5.75 Å². The van der Waals surface area contributed by atoms with Gasteiger partial charge in [0.2, 0.25) is 11.0 Å². The van der Waals surface area contributed by atoms with Crippen LogP contribution in [0.2, 0.25) is 5.02 Å². The zero-order valence-electron chi connectivity index (χ0n) is 16.8. The fourth-order valence-electron chi connectivity index (χ4n) is 3.37. The van der Waals surface area contributed by atoms with Crippen LogP contribution < -0.4 is 15.0 Å². The molecule has 2 heterocycles. The number of nitrogens with zero attached hydrogens (tertiary/aromatic N) is 3. The number of benzene rings is 2. The van der Waals surface area contributed by atoms with Gasteiger partial charge in [0.05, 0.1) is 0 Å². The van der Waals surface area contributed by atoms with Crippen LogP contribution in [0.5, 0.6) is 5.75 Å². The first kappa shape index (κ1) is 21.3. The lowest BCUT2D eigenvalue weighted by Crippen LogP contribution is -2.32. The van der Waals surface area contributed by atoms with E-state index in [4.69, 9.17) is 16.3 Å². The molecular weight excluding hydrogens is 436 g/mol. The summed E-state index contributed by atoms with van der Waals surface area (Å²) in [5.41, 5.74) is 0.804. The Balaban J connectivity index is 1.39. The van der Waals surface area contributed by atoms with Crippen LogP contribution in [0.3, 0.4) is 0 Å². The maximum absolute atomic E-state index is 12.6. The summed E-state index contributed by atoms with van der Waals surface area (Å²) in [5, 5.41) is 12.8. The predicted molar refractivity (Wildman–Crippen MR) is 121 cm³/mol. The van der Waals surface area contributed by atoms with Gasteiger partial charge in [-0.15, -0.1) is 10.2 Å². The van der Waals surface area contributed by atoms with Crippen molar-refractivity contribution >= 4 is 45.6 Å². The summed E-state index contributed by atoms with van der Waals surface area (Å²) in [5.74, 6) is 0.304. The van der Waals surface area contributed by atoms with Crippen molar-refractivity contribution in [2.24, 2.45) is 0 Å². The van der Waals surface area contributed by atoms with Gasteiger partial charge >= 0.3 is 0 Å². The van der Waals surface area contributed by atoms with Gasteiger partial charge in [0.15, 0.2) is 6.10 Å². The molecule has 1 N–H and O–H groups in total. The van der Waals surface area contributed by atoms with Crippen molar-refractivity contribution in [1.82, 2.24) is 10.2 Å². The highest BCUT2D eigenvalue weighted by molar-refractivity contribution is 7.15. The minimum atomic E-state index is -0.636. The fraction of sp³-hybridized carbons (Fsp3) is 0.273. The molecule has 9 heteroatoms. The Bertz CT molecular complexity index is 1060. The minimum absolute atomic E-state index is 0.0235. The van der Waals surface area contributed by atoms with E-state index in [0.717, 1.165) is 10.7 Å². The van der Waals surface area contributed by atoms with Crippen LogP contribution in [0.25, 0.3) is 0 Å². The van der Waals surface area contributed by atoms with Gasteiger partial charge in [0.25, 0.3) is 5.91 Å². The van der Waals surface area contributed by atoms with E-state index >= 15 is 0 Å². The van der Waals surface area contributed by atoms with Gasteiger partial charge in [-0.1, -0.05) is 48.1 Å². The van der Waals surface area contributed by atoms with Crippen molar-refractivity contribution < 1.29 is 14.3 Å². The Hall–Kier alpha value is -2.97. The largest absolute Gasteiger partial charge is 0.481 e. The number of hydrogen-bond donors (Lipinski definition) is 1. The first-order chi connectivity index (χ1) is 15.0. The molecule has 2 atom stereocenters. The van der Waals surface area contributed by atoms with Crippen LogP contribution in [-0.4, -0.2) is 34.7 Å². The van der Waals surface area contributed by atoms with E-state index < -0.39 is 6.10 Å². The third-order valence-corrected chi connectivity index (χ3v) is 6.22. The zero-order chi connectivity index (χ0) is 21.8. The molecule has 1 aliphatic heterocycles. The van der Waals surface area contributed by atoms with Crippen LogP contribution in [0.1, 0.15) is 30.7 Å². The second-order valence-electron chi connectivity index (χ2n) is 7.14. The third-order valence-electron chi connectivity index (χ3n) is 4.97. The van der Waals surface area contributed by atoms with Crippen molar-refractivity contribution in [1.29, 1.82) is 0 Å². The highest BCUT2D eigenvalue weighted by Gasteiger charge is 2.34. The zero-order valence-corrected chi connectivity index (χ0v) is 18.4. The average Bonchev–Trinajstić information content (AvgIpc) is 3.40. The molecule has 1 fully saturated rings. The monoisotopic (exact) mass is 456 g/mol. The number of amides is 2. The Morgan fingerprint density at radius 1 is 1.23 bits per heavy atom. The summed E-state index contributed by atoms with van der Waals surface area (Å²) < 4.78 is 5.77. The number of para-hydroxylation sites is 1. The lowest BCUT2D eigenvalue weighted by atomic mass is 10.1. The van der Waals surface area contributed by atoms with Crippen molar-refractivity contribution in [3.05, 3.63) is 64.6 Å². The molecule has 2 unspecified atom stereocenters. The smallest absolute Gasteiger partial charge is 0.267 e. The molecular formula is C22H21ClN4O3S. The van der Waals surface area contributed by atoms with E-state index in [0.29, 0.717) is 35.3 Å². The van der Waals surface area contributed by atoms with E-state index in [1.165, 1.54) is 11.3 Å². The molecule has 1 aliphatic rings. The fourth-order valence-corrected chi connectivity index (χ4v) is 4.33. The molecule has 0 radical (unpaired) electrons. The molecule has 4 rings (SSSR count). The summed E-state index contributed by atoms with van der Waals surface area (Å²) in [6.45, 7) is 2.39. The predicted octanol–water partition coefficient (Wildman–Crippen LogP) is 4.51. The standard InChI is InChI=1S/C22H21ClN4O3S/c1-2-18(30-17-6-4-3-5-7-17)20(29)24-22-26-25-21(31-22)14-12-19(28)27(13-14)16-10-8-15(23)9-11-16/h3-11,14,18H,2,12-13H2,1H3,(H,24,26,29). The number of hydrogen-bond acceptors (Lipinski definition) is 6. The minimum Gasteiger partial charge on any atom is -0.481 e. The van der Waals surface area contributed by atoms with E-state index in [2.05, 4.69) is 15.5 Å². The maximum Gasteiger partial charge on any atom is 0.267 e. The van der Waals surface area contributed by atoms with Gasteiger partial charge in [0, 0.05) is 29.6 Å². The average molecular weight is 457 g/mol. The summed E-state index contributed by atoms with van der Waals surface area (Å²) >= 11 is 7.22. The molecule has 2 amide bonds. The van der Waals surface area contributed by atoms with Gasteiger partial charge in [-0.2, -0.15) is 0 Å².